The van der Waals surface area contributed by atoms with Gasteiger partial charge in [0, 0.05) is 28.7 Å². The molecule has 1 spiro atoms. The highest BCUT2D eigenvalue weighted by Crippen LogP contribution is 2.57. The van der Waals surface area contributed by atoms with Gasteiger partial charge in [-0.25, -0.2) is 9.18 Å². The Morgan fingerprint density at radius 2 is 1.69 bits per heavy atom. The van der Waals surface area contributed by atoms with Crippen LogP contribution in [0.3, 0.4) is 0 Å². The van der Waals surface area contributed by atoms with E-state index in [1.165, 1.54) is 12.1 Å². The summed E-state index contributed by atoms with van der Waals surface area (Å²) in [6, 6.07) is 8.67. The van der Waals surface area contributed by atoms with Gasteiger partial charge in [0.05, 0.1) is 17.2 Å². The molecule has 4 atom stereocenters. The fourth-order valence-corrected chi connectivity index (χ4v) is 7.01. The number of carboxylic acid groups (broad SMARTS) is 1. The van der Waals surface area contributed by atoms with Gasteiger partial charge in [-0.2, -0.15) is 13.2 Å². The molecular formula is C31H35Cl2F4N3O5. The van der Waals surface area contributed by atoms with Crippen molar-refractivity contribution >= 4 is 46.7 Å². The van der Waals surface area contributed by atoms with Gasteiger partial charge >= 0.3 is 12.1 Å². The van der Waals surface area contributed by atoms with Crippen molar-refractivity contribution in [3.05, 3.63) is 63.4 Å². The minimum absolute atomic E-state index is 0.0636. The number of carbonyl (C=O) groups is 3. The van der Waals surface area contributed by atoms with E-state index in [4.69, 9.17) is 33.1 Å². The lowest BCUT2D eigenvalue weighted by Gasteiger charge is -2.37. The molecule has 0 bridgehead atoms. The molecule has 3 aliphatic rings. The molecule has 0 radical (unpaired) electrons. The molecule has 2 aliphatic heterocycles. The van der Waals surface area contributed by atoms with Crippen molar-refractivity contribution in [2.24, 2.45) is 5.41 Å². The SMILES string of the molecule is CC(C)(C)C[C@@H]1N[C@@H](C(=O)NC2CCC(O)CC2)[C@H](c2cccc(Cl)c2)[C@]12C(=O)Nc1cc(Cl)c(F)cc12.O=C(O)C(F)(F)F. The predicted octanol–water partition coefficient (Wildman–Crippen LogP) is 5.94. The van der Waals surface area contributed by atoms with Gasteiger partial charge in [-0.05, 0) is 72.9 Å². The molecule has 1 saturated heterocycles. The van der Waals surface area contributed by atoms with Crippen LogP contribution in [0, 0.1) is 11.2 Å². The zero-order valence-electron chi connectivity index (χ0n) is 24.8. The number of halogens is 6. The quantitative estimate of drug-likeness (QED) is 0.256. The minimum atomic E-state index is -5.08. The first-order valence-corrected chi connectivity index (χ1v) is 15.2. The Balaban J connectivity index is 0.000000591. The number of benzene rings is 2. The Kier molecular flexibility index (Phi) is 10.1. The van der Waals surface area contributed by atoms with Crippen LogP contribution < -0.4 is 16.0 Å². The number of hydrogen-bond acceptors (Lipinski definition) is 5. The molecule has 2 fully saturated rings. The van der Waals surface area contributed by atoms with E-state index in [0.717, 1.165) is 5.56 Å². The van der Waals surface area contributed by atoms with E-state index in [2.05, 4.69) is 36.7 Å². The predicted molar refractivity (Wildman–Crippen MR) is 161 cm³/mol. The van der Waals surface area contributed by atoms with Gasteiger partial charge in [0.25, 0.3) is 0 Å². The summed E-state index contributed by atoms with van der Waals surface area (Å²) in [6.07, 6.45) is -2.23. The lowest BCUT2D eigenvalue weighted by molar-refractivity contribution is -0.192. The number of alkyl halides is 3. The number of nitrogens with one attached hydrogen (secondary N) is 3. The van der Waals surface area contributed by atoms with Crippen molar-refractivity contribution in [1.82, 2.24) is 10.6 Å². The fraction of sp³-hybridized carbons (Fsp3) is 0.516. The van der Waals surface area contributed by atoms with Crippen molar-refractivity contribution in [2.75, 3.05) is 5.32 Å². The van der Waals surface area contributed by atoms with E-state index < -0.39 is 41.4 Å². The summed E-state index contributed by atoms with van der Waals surface area (Å²) in [5.41, 5.74) is 0.189. The summed E-state index contributed by atoms with van der Waals surface area (Å²) < 4.78 is 46.7. The summed E-state index contributed by atoms with van der Waals surface area (Å²) >= 11 is 12.5. The highest BCUT2D eigenvalue weighted by atomic mass is 35.5. The average molecular weight is 677 g/mol. The molecule has 1 aliphatic carbocycles. The van der Waals surface area contributed by atoms with Crippen molar-refractivity contribution in [2.45, 2.75) is 94.6 Å². The first-order chi connectivity index (χ1) is 20.8. The first-order valence-electron chi connectivity index (χ1n) is 14.5. The van der Waals surface area contributed by atoms with Gasteiger partial charge in [0.15, 0.2) is 0 Å². The summed E-state index contributed by atoms with van der Waals surface area (Å²) in [7, 11) is 0. The van der Waals surface area contributed by atoms with Gasteiger partial charge in [-0.15, -0.1) is 0 Å². The van der Waals surface area contributed by atoms with Crippen LogP contribution in [0.15, 0.2) is 36.4 Å². The molecule has 0 unspecified atom stereocenters. The molecule has 1 saturated carbocycles. The number of aliphatic hydroxyl groups excluding tert-OH is 1. The van der Waals surface area contributed by atoms with E-state index in [9.17, 15) is 32.3 Å². The molecule has 2 aromatic rings. The van der Waals surface area contributed by atoms with E-state index >= 15 is 0 Å². The molecule has 5 N–H and O–H groups in total. The Bertz CT molecular complexity index is 1460. The van der Waals surface area contributed by atoms with Crippen molar-refractivity contribution in [1.29, 1.82) is 0 Å². The highest BCUT2D eigenvalue weighted by molar-refractivity contribution is 6.31. The van der Waals surface area contributed by atoms with Gasteiger partial charge in [-0.3, -0.25) is 9.59 Å². The van der Waals surface area contributed by atoms with Crippen molar-refractivity contribution in [3.63, 3.8) is 0 Å². The maximum absolute atomic E-state index is 15.0. The van der Waals surface area contributed by atoms with Crippen molar-refractivity contribution < 1.29 is 42.2 Å². The van der Waals surface area contributed by atoms with Crippen LogP contribution in [-0.2, 0) is 19.8 Å². The highest BCUT2D eigenvalue weighted by Gasteiger charge is 2.66. The lowest BCUT2D eigenvalue weighted by Crippen LogP contribution is -2.49. The number of carbonyl (C=O) groups excluding carboxylic acids is 2. The largest absolute Gasteiger partial charge is 0.490 e. The number of amides is 2. The van der Waals surface area contributed by atoms with Crippen LogP contribution in [0.25, 0.3) is 0 Å². The van der Waals surface area contributed by atoms with E-state index in [-0.39, 0.29) is 34.4 Å². The fourth-order valence-electron chi connectivity index (χ4n) is 6.65. The molecule has 2 heterocycles. The number of carboxylic acids is 1. The summed E-state index contributed by atoms with van der Waals surface area (Å²) in [5, 5.41) is 27.1. The second-order valence-corrected chi connectivity index (χ2v) is 13.8. The molecule has 2 aromatic carbocycles. The minimum Gasteiger partial charge on any atom is -0.475 e. The average Bonchev–Trinajstić information content (AvgIpc) is 3.39. The molecule has 14 heteroatoms. The van der Waals surface area contributed by atoms with Gasteiger partial charge < -0.3 is 26.2 Å². The van der Waals surface area contributed by atoms with Crippen LogP contribution in [0.4, 0.5) is 23.2 Å². The first kappa shape index (κ1) is 34.9. The maximum atomic E-state index is 15.0. The smallest absolute Gasteiger partial charge is 0.475 e. The van der Waals surface area contributed by atoms with Crippen LogP contribution in [0.5, 0.6) is 0 Å². The molecule has 45 heavy (non-hydrogen) atoms. The number of rotatable bonds is 4. The Labute approximate surface area is 267 Å². The summed E-state index contributed by atoms with van der Waals surface area (Å²) in [5.74, 6) is -4.55. The number of hydrogen-bond donors (Lipinski definition) is 5. The van der Waals surface area contributed by atoms with Crippen molar-refractivity contribution in [3.8, 4) is 0 Å². The zero-order valence-corrected chi connectivity index (χ0v) is 26.3. The Morgan fingerprint density at radius 3 is 2.24 bits per heavy atom. The molecule has 5 rings (SSSR count). The molecule has 2 amide bonds. The van der Waals surface area contributed by atoms with Crippen LogP contribution in [-0.4, -0.2) is 58.4 Å². The zero-order chi connectivity index (χ0) is 33.5. The number of fused-ring (bicyclic) bond motifs is 2. The maximum Gasteiger partial charge on any atom is 0.490 e. The molecular weight excluding hydrogens is 641 g/mol. The van der Waals surface area contributed by atoms with E-state index in [0.29, 0.717) is 48.4 Å². The monoisotopic (exact) mass is 675 g/mol. The van der Waals surface area contributed by atoms with Crippen LogP contribution in [0.2, 0.25) is 10.0 Å². The number of aliphatic hydroxyl groups is 1. The second kappa shape index (κ2) is 13.1. The standard InChI is InChI=1S/C29H34Cl2FN3O3.C2HF3O2/c1-28(2,3)14-23-29(19-12-21(32)20(31)13-22(19)34-27(29)38)24(15-5-4-6-16(30)11-15)25(35-23)26(37)33-17-7-9-18(36)10-8-17;3-2(4,5)1(6)7/h4-6,11-13,17-18,23-25,35-36H,7-10,14H2,1-3H3,(H,33,37)(H,34,38);(H,6,7)/t17?,18?,23-,24-,25+,29+;/m0./s1. The number of aliphatic carboxylic acids is 1. The lowest BCUT2D eigenvalue weighted by atomic mass is 9.62. The van der Waals surface area contributed by atoms with Gasteiger partial charge in [0.1, 0.15) is 11.2 Å². The summed E-state index contributed by atoms with van der Waals surface area (Å²) in [4.78, 5) is 37.0. The van der Waals surface area contributed by atoms with Gasteiger partial charge in [-0.1, -0.05) is 56.1 Å². The van der Waals surface area contributed by atoms with Crippen LogP contribution >= 0.6 is 23.2 Å². The number of anilines is 1. The molecule has 0 aromatic heterocycles. The topological polar surface area (TPSA) is 128 Å². The normalized spacial score (nSPS) is 27.8. The molecule has 246 valence electrons. The summed E-state index contributed by atoms with van der Waals surface area (Å²) in [6.45, 7) is 6.23. The van der Waals surface area contributed by atoms with E-state index in [1.54, 1.807) is 18.2 Å². The van der Waals surface area contributed by atoms with E-state index in [1.807, 2.05) is 6.07 Å². The molecule has 8 nitrogen and oxygen atoms in total. The van der Waals surface area contributed by atoms with Crippen LogP contribution in [0.1, 0.15) is 69.9 Å². The Hall–Kier alpha value is -2.93. The van der Waals surface area contributed by atoms with Gasteiger partial charge in [0.2, 0.25) is 11.8 Å². The third kappa shape index (κ3) is 7.40. The Morgan fingerprint density at radius 1 is 1.07 bits per heavy atom. The third-order valence-corrected chi connectivity index (χ3v) is 9.00. The third-order valence-electron chi connectivity index (χ3n) is 8.48. The second-order valence-electron chi connectivity index (χ2n) is 12.9.